The molecule has 4 rings (SSSR count). The average molecular weight is 462 g/mol. The highest BCUT2D eigenvalue weighted by Crippen LogP contribution is 2.30. The maximum absolute atomic E-state index is 13.1. The molecule has 2 aliphatic heterocycles. The van der Waals surface area contributed by atoms with Gasteiger partial charge in [0.2, 0.25) is 15.9 Å². The van der Waals surface area contributed by atoms with Gasteiger partial charge in [0.15, 0.2) is 0 Å². The number of rotatable bonds is 4. The Morgan fingerprint density at radius 1 is 0.935 bits per heavy atom. The third-order valence-electron chi connectivity index (χ3n) is 5.88. The summed E-state index contributed by atoms with van der Waals surface area (Å²) >= 11 is 5.86. The number of carbonyl (C=O) groups is 2. The van der Waals surface area contributed by atoms with Gasteiger partial charge in [0.1, 0.15) is 0 Å². The minimum atomic E-state index is -3.63. The Morgan fingerprint density at radius 2 is 1.58 bits per heavy atom. The zero-order valence-electron chi connectivity index (χ0n) is 17.4. The van der Waals surface area contributed by atoms with Crippen molar-refractivity contribution in [3.8, 4) is 0 Å². The van der Waals surface area contributed by atoms with Crippen LogP contribution in [0.3, 0.4) is 0 Å². The van der Waals surface area contributed by atoms with Crippen molar-refractivity contribution in [3.63, 3.8) is 0 Å². The molecular formula is C22H24ClN3O4S. The van der Waals surface area contributed by atoms with Crippen molar-refractivity contribution in [2.45, 2.75) is 31.2 Å². The van der Waals surface area contributed by atoms with Crippen LogP contribution in [0.5, 0.6) is 0 Å². The minimum absolute atomic E-state index is 0.107. The summed E-state index contributed by atoms with van der Waals surface area (Å²) in [7, 11) is -3.63. The van der Waals surface area contributed by atoms with Crippen molar-refractivity contribution in [3.05, 3.63) is 58.6 Å². The maximum Gasteiger partial charge on any atom is 0.251 e. The van der Waals surface area contributed by atoms with Crippen LogP contribution >= 0.6 is 11.6 Å². The third kappa shape index (κ3) is 4.13. The highest BCUT2D eigenvalue weighted by Gasteiger charge is 2.44. The van der Waals surface area contributed by atoms with Gasteiger partial charge >= 0.3 is 0 Å². The predicted octanol–water partition coefficient (Wildman–Crippen LogP) is 2.60. The van der Waals surface area contributed by atoms with E-state index in [4.69, 9.17) is 11.6 Å². The molecule has 164 valence electrons. The molecule has 0 spiro atoms. The largest absolute Gasteiger partial charge is 0.289 e. The first-order chi connectivity index (χ1) is 14.7. The Morgan fingerprint density at radius 3 is 2.19 bits per heavy atom. The van der Waals surface area contributed by atoms with Gasteiger partial charge < -0.3 is 0 Å². The molecule has 2 heterocycles. The lowest BCUT2D eigenvalue weighted by Crippen LogP contribution is -2.53. The molecule has 2 aromatic carbocycles. The second kappa shape index (κ2) is 8.35. The van der Waals surface area contributed by atoms with Crippen LogP contribution in [-0.4, -0.2) is 61.7 Å². The summed E-state index contributed by atoms with van der Waals surface area (Å²) in [5, 5.41) is 0.474. The van der Waals surface area contributed by atoms with Gasteiger partial charge in [-0.1, -0.05) is 29.3 Å². The van der Waals surface area contributed by atoms with Crippen LogP contribution in [0.1, 0.15) is 17.5 Å². The molecule has 0 radical (unpaired) electrons. The van der Waals surface area contributed by atoms with Gasteiger partial charge in [-0.25, -0.2) is 13.3 Å². The van der Waals surface area contributed by atoms with E-state index in [9.17, 15) is 18.0 Å². The number of benzene rings is 2. The zero-order valence-corrected chi connectivity index (χ0v) is 19.0. The highest BCUT2D eigenvalue weighted by atomic mass is 35.5. The molecular weight excluding hydrogens is 438 g/mol. The topological polar surface area (TPSA) is 78.0 Å². The molecule has 1 unspecified atom stereocenters. The van der Waals surface area contributed by atoms with E-state index in [1.807, 2.05) is 30.9 Å². The molecule has 1 atom stereocenters. The van der Waals surface area contributed by atoms with E-state index in [0.29, 0.717) is 23.8 Å². The van der Waals surface area contributed by atoms with Crippen LogP contribution in [0.25, 0.3) is 0 Å². The minimum Gasteiger partial charge on any atom is -0.289 e. The molecule has 7 nitrogen and oxygen atoms in total. The highest BCUT2D eigenvalue weighted by molar-refractivity contribution is 7.89. The van der Waals surface area contributed by atoms with Gasteiger partial charge in [0.25, 0.3) is 5.91 Å². The maximum atomic E-state index is 13.1. The van der Waals surface area contributed by atoms with Gasteiger partial charge in [-0.05, 0) is 49.7 Å². The van der Waals surface area contributed by atoms with Gasteiger partial charge in [0.05, 0.1) is 23.0 Å². The number of imide groups is 1. The van der Waals surface area contributed by atoms with E-state index in [0.717, 1.165) is 11.1 Å². The fourth-order valence-electron chi connectivity index (χ4n) is 4.22. The number of halogens is 1. The number of carbonyl (C=O) groups excluding carboxylic acids is 2. The van der Waals surface area contributed by atoms with Crippen LogP contribution in [0, 0.1) is 13.8 Å². The van der Waals surface area contributed by atoms with E-state index in [1.54, 1.807) is 18.2 Å². The predicted molar refractivity (Wildman–Crippen MR) is 119 cm³/mol. The van der Waals surface area contributed by atoms with Crippen molar-refractivity contribution in [1.29, 1.82) is 0 Å². The van der Waals surface area contributed by atoms with Gasteiger partial charge in [0, 0.05) is 31.2 Å². The van der Waals surface area contributed by atoms with Gasteiger partial charge in [-0.3, -0.25) is 14.5 Å². The molecule has 0 bridgehead atoms. The van der Waals surface area contributed by atoms with Crippen molar-refractivity contribution in [2.75, 3.05) is 31.1 Å². The lowest BCUT2D eigenvalue weighted by molar-refractivity contribution is -0.123. The number of amides is 2. The summed E-state index contributed by atoms with van der Waals surface area (Å²) in [6.07, 6.45) is 0.107. The smallest absolute Gasteiger partial charge is 0.251 e. The Labute approximate surface area is 187 Å². The summed E-state index contributed by atoms with van der Waals surface area (Å²) in [6.45, 7) is 5.13. The lowest BCUT2D eigenvalue weighted by Gasteiger charge is -2.36. The molecule has 2 aromatic rings. The summed E-state index contributed by atoms with van der Waals surface area (Å²) in [6, 6.07) is 11.2. The quantitative estimate of drug-likeness (QED) is 0.654. The Kier molecular flexibility index (Phi) is 5.91. The fourth-order valence-corrected chi connectivity index (χ4v) is 5.77. The normalized spacial score (nSPS) is 21.1. The monoisotopic (exact) mass is 461 g/mol. The summed E-state index contributed by atoms with van der Waals surface area (Å²) < 4.78 is 27.2. The van der Waals surface area contributed by atoms with E-state index in [-0.39, 0.29) is 36.2 Å². The van der Waals surface area contributed by atoms with Gasteiger partial charge in [-0.2, -0.15) is 4.31 Å². The molecule has 2 aliphatic rings. The number of anilines is 1. The molecule has 2 amide bonds. The number of nitrogens with zero attached hydrogens (tertiary/aromatic N) is 3. The number of hydrogen-bond acceptors (Lipinski definition) is 5. The molecule has 2 saturated heterocycles. The standard InChI is InChI=1S/C22H24ClN3O4S/c1-15-3-8-19(16(2)13-15)26-21(27)14-20(22(26)28)24-9-11-25(12-10-24)31(29,30)18-6-4-17(23)5-7-18/h3-8,13,20H,9-12,14H2,1-2H3. The molecule has 0 aliphatic carbocycles. The van der Waals surface area contributed by atoms with E-state index < -0.39 is 16.1 Å². The lowest BCUT2D eigenvalue weighted by atomic mass is 10.1. The second-order valence-electron chi connectivity index (χ2n) is 7.97. The Balaban J connectivity index is 1.46. The molecule has 9 heteroatoms. The van der Waals surface area contributed by atoms with Crippen molar-refractivity contribution in [2.24, 2.45) is 0 Å². The number of aryl methyl sites for hydroxylation is 2. The summed E-state index contributed by atoms with van der Waals surface area (Å²) in [4.78, 5) is 29.2. The fraction of sp³-hybridized carbons (Fsp3) is 0.364. The number of sulfonamides is 1. The SMILES string of the molecule is Cc1ccc(N2C(=O)CC(N3CCN(S(=O)(=O)c4ccc(Cl)cc4)CC3)C2=O)c(C)c1. The van der Waals surface area contributed by atoms with E-state index >= 15 is 0 Å². The average Bonchev–Trinajstić information content (AvgIpc) is 3.03. The first kappa shape index (κ1) is 22.0. The first-order valence-electron chi connectivity index (χ1n) is 10.1. The zero-order chi connectivity index (χ0) is 22.3. The molecule has 0 aromatic heterocycles. The van der Waals surface area contributed by atoms with Crippen molar-refractivity contribution in [1.82, 2.24) is 9.21 Å². The van der Waals surface area contributed by atoms with Gasteiger partial charge in [-0.15, -0.1) is 0 Å². The van der Waals surface area contributed by atoms with Crippen molar-refractivity contribution < 1.29 is 18.0 Å². The molecule has 0 N–H and O–H groups in total. The van der Waals surface area contributed by atoms with Crippen LogP contribution in [0.2, 0.25) is 5.02 Å². The molecule has 0 saturated carbocycles. The van der Waals surface area contributed by atoms with Crippen LogP contribution < -0.4 is 4.90 Å². The second-order valence-corrected chi connectivity index (χ2v) is 10.3. The van der Waals surface area contributed by atoms with E-state index in [2.05, 4.69) is 0 Å². The van der Waals surface area contributed by atoms with E-state index in [1.165, 1.54) is 21.3 Å². The molecule has 2 fully saturated rings. The molecule has 31 heavy (non-hydrogen) atoms. The van der Waals surface area contributed by atoms with Crippen LogP contribution in [-0.2, 0) is 19.6 Å². The number of piperazine rings is 1. The Bertz CT molecular complexity index is 1130. The van der Waals surface area contributed by atoms with Crippen LogP contribution in [0.4, 0.5) is 5.69 Å². The summed E-state index contributed by atoms with van der Waals surface area (Å²) in [5.41, 5.74) is 2.56. The number of hydrogen-bond donors (Lipinski definition) is 0. The third-order valence-corrected chi connectivity index (χ3v) is 8.05. The van der Waals surface area contributed by atoms with Crippen LogP contribution in [0.15, 0.2) is 47.4 Å². The summed E-state index contributed by atoms with van der Waals surface area (Å²) in [5.74, 6) is -0.468. The Hall–Kier alpha value is -2.26. The first-order valence-corrected chi connectivity index (χ1v) is 11.9. The van der Waals surface area contributed by atoms with Crippen molar-refractivity contribution >= 4 is 39.1 Å².